The number of hydrogen-bond acceptors (Lipinski definition) is 4. The molecule has 4 nitrogen and oxygen atoms in total. The molecule has 7 heteroatoms. The number of aliphatic hydroxyl groups excluding tert-OH is 1. The molecule has 0 aromatic carbocycles. The quantitative estimate of drug-likeness (QED) is 0.766. The predicted molar refractivity (Wildman–Crippen MR) is 63.8 cm³/mol. The lowest BCUT2D eigenvalue weighted by Gasteiger charge is -2.18. The van der Waals surface area contributed by atoms with Crippen molar-refractivity contribution in [1.29, 1.82) is 0 Å². The van der Waals surface area contributed by atoms with E-state index in [1.165, 1.54) is 0 Å². The standard InChI is InChI=1S/C13H21F3O4/c1-12(2,3)20-11-8(18-11)6-7(9-10(17)19-9)4-5-13(14,15)16/h7-11,17H,4-6H2,1-3H3. The fourth-order valence-corrected chi connectivity index (χ4v) is 2.27. The van der Waals surface area contributed by atoms with Gasteiger partial charge in [-0.05, 0) is 39.5 Å². The maximum absolute atomic E-state index is 12.3. The molecule has 0 radical (unpaired) electrons. The number of ether oxygens (including phenoxy) is 3. The largest absolute Gasteiger partial charge is 0.389 e. The van der Waals surface area contributed by atoms with Gasteiger partial charge < -0.3 is 19.3 Å². The van der Waals surface area contributed by atoms with Crippen LogP contribution in [-0.4, -0.2) is 41.7 Å². The molecule has 2 fully saturated rings. The zero-order valence-corrected chi connectivity index (χ0v) is 11.8. The molecule has 2 saturated heterocycles. The normalized spacial score (nSPS) is 35.0. The van der Waals surface area contributed by atoms with E-state index >= 15 is 0 Å². The summed E-state index contributed by atoms with van der Waals surface area (Å²) in [5.74, 6) is -0.356. The van der Waals surface area contributed by atoms with Crippen molar-refractivity contribution in [2.24, 2.45) is 5.92 Å². The molecule has 0 saturated carbocycles. The number of halogens is 3. The highest BCUT2D eigenvalue weighted by Crippen LogP contribution is 2.41. The second-order valence-electron chi connectivity index (χ2n) is 6.41. The van der Waals surface area contributed by atoms with Crippen LogP contribution in [0.5, 0.6) is 0 Å². The van der Waals surface area contributed by atoms with Crippen LogP contribution >= 0.6 is 0 Å². The Kier molecular flexibility index (Phi) is 4.35. The molecule has 1 N–H and O–H groups in total. The SMILES string of the molecule is CC(C)(C)OC1OC1CC(CCC(F)(F)F)C1OC1O. The number of hydrogen-bond donors (Lipinski definition) is 1. The van der Waals surface area contributed by atoms with Gasteiger partial charge in [-0.3, -0.25) is 0 Å². The number of rotatable bonds is 6. The summed E-state index contributed by atoms with van der Waals surface area (Å²) in [6, 6.07) is 0. The fourth-order valence-electron chi connectivity index (χ4n) is 2.27. The summed E-state index contributed by atoms with van der Waals surface area (Å²) in [5.41, 5.74) is -0.351. The maximum atomic E-state index is 12.3. The number of aliphatic hydroxyl groups is 1. The van der Waals surface area contributed by atoms with Crippen LogP contribution in [0.2, 0.25) is 0 Å². The fraction of sp³-hybridized carbons (Fsp3) is 1.00. The van der Waals surface area contributed by atoms with E-state index in [4.69, 9.17) is 14.2 Å². The first kappa shape index (κ1) is 16.0. The first-order chi connectivity index (χ1) is 9.05. The van der Waals surface area contributed by atoms with Gasteiger partial charge in [0, 0.05) is 6.42 Å². The second-order valence-corrected chi connectivity index (χ2v) is 6.41. The van der Waals surface area contributed by atoms with Crippen molar-refractivity contribution >= 4 is 0 Å². The Bertz CT molecular complexity index is 339. The third-order valence-electron chi connectivity index (χ3n) is 3.30. The minimum absolute atomic E-state index is 0.0622. The van der Waals surface area contributed by atoms with Gasteiger partial charge in [0.1, 0.15) is 12.2 Å². The van der Waals surface area contributed by atoms with Crippen molar-refractivity contribution in [3.8, 4) is 0 Å². The van der Waals surface area contributed by atoms with Crippen LogP contribution in [0.3, 0.4) is 0 Å². The van der Waals surface area contributed by atoms with Crippen LogP contribution in [0.15, 0.2) is 0 Å². The molecule has 2 rings (SSSR count). The Morgan fingerprint density at radius 1 is 1.20 bits per heavy atom. The lowest BCUT2D eigenvalue weighted by Crippen LogP contribution is -2.23. The number of epoxide rings is 2. The zero-order chi connectivity index (χ0) is 15.1. The Labute approximate surface area is 116 Å². The molecule has 20 heavy (non-hydrogen) atoms. The van der Waals surface area contributed by atoms with E-state index in [-0.39, 0.29) is 30.3 Å². The Morgan fingerprint density at radius 2 is 1.80 bits per heavy atom. The molecule has 2 heterocycles. The summed E-state index contributed by atoms with van der Waals surface area (Å²) >= 11 is 0. The van der Waals surface area contributed by atoms with Crippen molar-refractivity contribution in [2.75, 3.05) is 0 Å². The first-order valence-corrected chi connectivity index (χ1v) is 6.79. The van der Waals surface area contributed by atoms with Gasteiger partial charge in [0.2, 0.25) is 0 Å². The average Bonchev–Trinajstić information content (AvgIpc) is 3.10. The highest BCUT2D eigenvalue weighted by molar-refractivity contribution is 4.90. The van der Waals surface area contributed by atoms with Gasteiger partial charge in [0.05, 0.1) is 5.60 Å². The van der Waals surface area contributed by atoms with E-state index in [0.29, 0.717) is 6.42 Å². The van der Waals surface area contributed by atoms with Crippen LogP contribution in [0.1, 0.15) is 40.0 Å². The van der Waals surface area contributed by atoms with Crippen LogP contribution < -0.4 is 0 Å². The molecule has 2 aliphatic rings. The Balaban J connectivity index is 1.78. The van der Waals surface area contributed by atoms with Gasteiger partial charge in [0.25, 0.3) is 0 Å². The monoisotopic (exact) mass is 298 g/mol. The maximum Gasteiger partial charge on any atom is 0.389 e. The summed E-state index contributed by atoms with van der Waals surface area (Å²) in [6.07, 6.45) is -6.72. The minimum atomic E-state index is -4.19. The summed E-state index contributed by atoms with van der Waals surface area (Å²) < 4.78 is 52.7. The molecule has 0 amide bonds. The Morgan fingerprint density at radius 3 is 2.25 bits per heavy atom. The van der Waals surface area contributed by atoms with Crippen LogP contribution in [0, 0.1) is 5.92 Å². The number of alkyl halides is 3. The molecule has 2 aliphatic heterocycles. The van der Waals surface area contributed by atoms with E-state index < -0.39 is 25.0 Å². The van der Waals surface area contributed by atoms with Crippen LogP contribution in [0.4, 0.5) is 13.2 Å². The van der Waals surface area contributed by atoms with Crippen molar-refractivity contribution < 1.29 is 32.5 Å². The molecule has 5 unspecified atom stereocenters. The van der Waals surface area contributed by atoms with E-state index in [1.54, 1.807) is 0 Å². The van der Waals surface area contributed by atoms with Gasteiger partial charge in [0.15, 0.2) is 12.6 Å². The van der Waals surface area contributed by atoms with Gasteiger partial charge >= 0.3 is 6.18 Å². The van der Waals surface area contributed by atoms with E-state index in [1.807, 2.05) is 20.8 Å². The summed E-state index contributed by atoms with van der Waals surface area (Å²) in [5, 5.41) is 9.24. The predicted octanol–water partition coefficient (Wildman–Crippen LogP) is 2.59. The van der Waals surface area contributed by atoms with E-state index in [9.17, 15) is 18.3 Å². The van der Waals surface area contributed by atoms with Crippen LogP contribution in [0.25, 0.3) is 0 Å². The smallest absolute Gasteiger partial charge is 0.366 e. The average molecular weight is 298 g/mol. The van der Waals surface area contributed by atoms with Crippen LogP contribution in [-0.2, 0) is 14.2 Å². The highest BCUT2D eigenvalue weighted by Gasteiger charge is 2.50. The molecular weight excluding hydrogens is 277 g/mol. The van der Waals surface area contributed by atoms with Gasteiger partial charge in [-0.1, -0.05) is 0 Å². The third kappa shape index (κ3) is 5.20. The zero-order valence-electron chi connectivity index (χ0n) is 11.8. The van der Waals surface area contributed by atoms with Crippen molar-refractivity contribution in [1.82, 2.24) is 0 Å². The molecule has 0 aromatic heterocycles. The van der Waals surface area contributed by atoms with E-state index in [2.05, 4.69) is 0 Å². The Hall–Kier alpha value is -0.370. The molecule has 5 atom stereocenters. The molecule has 118 valence electrons. The molecule has 0 aromatic rings. The minimum Gasteiger partial charge on any atom is -0.366 e. The highest BCUT2D eigenvalue weighted by atomic mass is 19.4. The third-order valence-corrected chi connectivity index (χ3v) is 3.30. The summed E-state index contributed by atoms with van der Waals surface area (Å²) in [6.45, 7) is 5.67. The molecule has 0 spiro atoms. The van der Waals surface area contributed by atoms with Crippen molar-refractivity contribution in [3.63, 3.8) is 0 Å². The summed E-state index contributed by atoms with van der Waals surface area (Å²) in [4.78, 5) is 0. The lowest BCUT2D eigenvalue weighted by atomic mass is 9.93. The summed E-state index contributed by atoms with van der Waals surface area (Å²) in [7, 11) is 0. The van der Waals surface area contributed by atoms with E-state index in [0.717, 1.165) is 0 Å². The molecule has 0 aliphatic carbocycles. The van der Waals surface area contributed by atoms with Gasteiger partial charge in [-0.2, -0.15) is 13.2 Å². The van der Waals surface area contributed by atoms with Gasteiger partial charge in [-0.15, -0.1) is 0 Å². The molecular formula is C13H21F3O4. The van der Waals surface area contributed by atoms with Gasteiger partial charge in [-0.25, -0.2) is 0 Å². The molecule has 0 bridgehead atoms. The topological polar surface area (TPSA) is 54.5 Å². The second kappa shape index (κ2) is 5.44. The lowest BCUT2D eigenvalue weighted by molar-refractivity contribution is -0.138. The first-order valence-electron chi connectivity index (χ1n) is 6.79. The van der Waals surface area contributed by atoms with Crippen molar-refractivity contribution in [3.05, 3.63) is 0 Å². The van der Waals surface area contributed by atoms with Crippen molar-refractivity contribution in [2.45, 2.75) is 76.6 Å².